The van der Waals surface area contributed by atoms with Gasteiger partial charge in [0, 0.05) is 42.4 Å². The number of carbonyl (C=O) groups is 2. The van der Waals surface area contributed by atoms with Gasteiger partial charge in [0.2, 0.25) is 5.91 Å². The van der Waals surface area contributed by atoms with Gasteiger partial charge in [0.05, 0.1) is 13.1 Å². The molecule has 3 heterocycles. The molecule has 1 saturated heterocycles. The molecule has 0 spiro atoms. The first-order chi connectivity index (χ1) is 17.2. The Morgan fingerprint density at radius 3 is 2.09 bits per heavy atom. The molecule has 1 aromatic carbocycles. The molecule has 0 saturated carbocycles. The van der Waals surface area contributed by atoms with Crippen molar-refractivity contribution in [3.63, 3.8) is 0 Å². The predicted octanol–water partition coefficient (Wildman–Crippen LogP) is 5.46. The standard InChI is InChI=1S/C27H33N3O3S2/c31-26(30(20-24-10-6-18-34-24)21-25-11-7-19-35-25)12-4-5-13-28-14-16-29(17-15-28)27(32)33-22-23-8-2-1-3-9-23/h1-3,6-11,18-19H,4-5,12-17,20-22H2. The molecular weight excluding hydrogens is 478 g/mol. The Balaban J connectivity index is 1.13. The number of carbonyl (C=O) groups excluding carboxylic acids is 2. The lowest BCUT2D eigenvalue weighted by atomic mass is 10.2. The zero-order chi connectivity index (χ0) is 24.3. The summed E-state index contributed by atoms with van der Waals surface area (Å²) in [6, 6.07) is 18.0. The van der Waals surface area contributed by atoms with Gasteiger partial charge < -0.3 is 14.5 Å². The van der Waals surface area contributed by atoms with Crippen LogP contribution in [0.3, 0.4) is 0 Å². The number of rotatable bonds is 11. The van der Waals surface area contributed by atoms with Gasteiger partial charge in [0.1, 0.15) is 6.61 Å². The molecule has 0 unspecified atom stereocenters. The fourth-order valence-electron chi connectivity index (χ4n) is 4.15. The van der Waals surface area contributed by atoms with E-state index >= 15 is 0 Å². The van der Waals surface area contributed by atoms with Crippen LogP contribution in [0.5, 0.6) is 0 Å². The highest BCUT2D eigenvalue weighted by Crippen LogP contribution is 2.19. The topological polar surface area (TPSA) is 53.1 Å². The van der Waals surface area contributed by atoms with Crippen LogP contribution in [0.15, 0.2) is 65.4 Å². The van der Waals surface area contributed by atoms with Crippen LogP contribution in [-0.4, -0.2) is 59.4 Å². The fourth-order valence-corrected chi connectivity index (χ4v) is 5.59. The molecule has 35 heavy (non-hydrogen) atoms. The molecule has 0 radical (unpaired) electrons. The van der Waals surface area contributed by atoms with E-state index in [1.165, 1.54) is 9.75 Å². The average Bonchev–Trinajstić information content (AvgIpc) is 3.60. The Morgan fingerprint density at radius 2 is 1.49 bits per heavy atom. The van der Waals surface area contributed by atoms with Gasteiger partial charge in [-0.1, -0.05) is 42.5 Å². The highest BCUT2D eigenvalue weighted by molar-refractivity contribution is 7.10. The van der Waals surface area contributed by atoms with E-state index in [2.05, 4.69) is 27.8 Å². The maximum absolute atomic E-state index is 13.0. The molecule has 4 rings (SSSR count). The Kier molecular flexibility index (Phi) is 9.74. The fraction of sp³-hybridized carbons (Fsp3) is 0.407. The molecule has 1 aliphatic heterocycles. The maximum atomic E-state index is 13.0. The van der Waals surface area contributed by atoms with Crippen molar-refractivity contribution in [1.29, 1.82) is 0 Å². The van der Waals surface area contributed by atoms with Crippen LogP contribution in [0.25, 0.3) is 0 Å². The van der Waals surface area contributed by atoms with Gasteiger partial charge in [-0.3, -0.25) is 9.69 Å². The smallest absolute Gasteiger partial charge is 0.410 e. The summed E-state index contributed by atoms with van der Waals surface area (Å²) in [6.07, 6.45) is 2.19. The number of nitrogens with zero attached hydrogens (tertiary/aromatic N) is 3. The van der Waals surface area contributed by atoms with E-state index in [1.807, 2.05) is 47.4 Å². The van der Waals surface area contributed by atoms with E-state index in [0.717, 1.165) is 38.0 Å². The summed E-state index contributed by atoms with van der Waals surface area (Å²) >= 11 is 3.40. The van der Waals surface area contributed by atoms with Crippen LogP contribution in [0.1, 0.15) is 34.6 Å². The molecule has 186 valence electrons. The highest BCUT2D eigenvalue weighted by Gasteiger charge is 2.22. The van der Waals surface area contributed by atoms with Crippen LogP contribution >= 0.6 is 22.7 Å². The van der Waals surface area contributed by atoms with Crippen molar-refractivity contribution in [3.05, 3.63) is 80.7 Å². The van der Waals surface area contributed by atoms with E-state index < -0.39 is 0 Å². The minimum absolute atomic E-state index is 0.220. The first-order valence-electron chi connectivity index (χ1n) is 12.2. The van der Waals surface area contributed by atoms with Crippen molar-refractivity contribution >= 4 is 34.7 Å². The normalized spacial score (nSPS) is 14.1. The summed E-state index contributed by atoms with van der Waals surface area (Å²) in [7, 11) is 0. The lowest BCUT2D eigenvalue weighted by molar-refractivity contribution is -0.132. The Hall–Kier alpha value is -2.68. The number of unbranched alkanes of at least 4 members (excludes halogenated alkanes) is 1. The van der Waals surface area contributed by atoms with Crippen molar-refractivity contribution < 1.29 is 14.3 Å². The van der Waals surface area contributed by atoms with Crippen LogP contribution in [0.2, 0.25) is 0 Å². The minimum atomic E-state index is -0.240. The molecule has 0 N–H and O–H groups in total. The summed E-state index contributed by atoms with van der Waals surface area (Å²) in [5, 5.41) is 4.12. The second kappa shape index (κ2) is 13.4. The zero-order valence-electron chi connectivity index (χ0n) is 20.0. The summed E-state index contributed by atoms with van der Waals surface area (Å²) in [5.74, 6) is 0.220. The Bertz CT molecular complexity index is 981. The zero-order valence-corrected chi connectivity index (χ0v) is 21.6. The van der Waals surface area contributed by atoms with Crippen LogP contribution < -0.4 is 0 Å². The third-order valence-corrected chi connectivity index (χ3v) is 7.88. The van der Waals surface area contributed by atoms with E-state index in [4.69, 9.17) is 4.74 Å². The molecule has 0 aliphatic carbocycles. The third kappa shape index (κ3) is 8.19. The predicted molar refractivity (Wildman–Crippen MR) is 141 cm³/mol. The molecule has 2 aromatic heterocycles. The van der Waals surface area contributed by atoms with Crippen molar-refractivity contribution in [2.24, 2.45) is 0 Å². The molecule has 8 heteroatoms. The molecule has 2 amide bonds. The first-order valence-corrected chi connectivity index (χ1v) is 13.9. The number of ether oxygens (including phenoxy) is 1. The molecule has 1 fully saturated rings. The summed E-state index contributed by atoms with van der Waals surface area (Å²) < 4.78 is 5.45. The maximum Gasteiger partial charge on any atom is 0.410 e. The second-order valence-corrected chi connectivity index (χ2v) is 10.8. The lowest BCUT2D eigenvalue weighted by Crippen LogP contribution is -2.49. The second-order valence-electron chi connectivity index (χ2n) is 8.73. The quantitative estimate of drug-likeness (QED) is 0.321. The van der Waals surface area contributed by atoms with E-state index in [1.54, 1.807) is 27.6 Å². The van der Waals surface area contributed by atoms with Gasteiger partial charge in [-0.05, 0) is 47.8 Å². The minimum Gasteiger partial charge on any atom is -0.445 e. The molecule has 3 aromatic rings. The molecule has 0 atom stereocenters. The monoisotopic (exact) mass is 511 g/mol. The number of amides is 2. The number of hydrogen-bond acceptors (Lipinski definition) is 6. The van der Waals surface area contributed by atoms with Crippen LogP contribution in [-0.2, 0) is 29.2 Å². The summed E-state index contributed by atoms with van der Waals surface area (Å²) in [4.78, 5) is 33.9. The van der Waals surface area contributed by atoms with Gasteiger partial charge in [-0.25, -0.2) is 4.79 Å². The largest absolute Gasteiger partial charge is 0.445 e. The van der Waals surface area contributed by atoms with Crippen LogP contribution in [0.4, 0.5) is 4.79 Å². The van der Waals surface area contributed by atoms with Gasteiger partial charge >= 0.3 is 6.09 Å². The van der Waals surface area contributed by atoms with E-state index in [-0.39, 0.29) is 12.0 Å². The lowest BCUT2D eigenvalue weighted by Gasteiger charge is -2.34. The number of benzene rings is 1. The molecule has 0 bridgehead atoms. The Labute approximate surface area is 215 Å². The number of thiophene rings is 2. The van der Waals surface area contributed by atoms with Gasteiger partial charge in [-0.2, -0.15) is 0 Å². The van der Waals surface area contributed by atoms with Crippen molar-refractivity contribution in [3.8, 4) is 0 Å². The van der Waals surface area contributed by atoms with E-state index in [9.17, 15) is 9.59 Å². The summed E-state index contributed by atoms with van der Waals surface area (Å²) in [5.41, 5.74) is 0.998. The Morgan fingerprint density at radius 1 is 0.829 bits per heavy atom. The van der Waals surface area contributed by atoms with Crippen molar-refractivity contribution in [2.75, 3.05) is 32.7 Å². The number of piperazine rings is 1. The molecule has 1 aliphatic rings. The summed E-state index contributed by atoms with van der Waals surface area (Å²) in [6.45, 7) is 5.67. The molecular formula is C27H33N3O3S2. The van der Waals surface area contributed by atoms with Gasteiger partial charge in [-0.15, -0.1) is 22.7 Å². The van der Waals surface area contributed by atoms with Gasteiger partial charge in [0.25, 0.3) is 0 Å². The van der Waals surface area contributed by atoms with E-state index in [0.29, 0.717) is 39.2 Å². The highest BCUT2D eigenvalue weighted by atomic mass is 32.1. The number of hydrogen-bond donors (Lipinski definition) is 0. The molecule has 6 nitrogen and oxygen atoms in total. The van der Waals surface area contributed by atoms with Crippen molar-refractivity contribution in [2.45, 2.75) is 39.0 Å². The van der Waals surface area contributed by atoms with Gasteiger partial charge in [0.15, 0.2) is 0 Å². The van der Waals surface area contributed by atoms with Crippen molar-refractivity contribution in [1.82, 2.24) is 14.7 Å². The average molecular weight is 512 g/mol. The SMILES string of the molecule is O=C(CCCCN1CCN(C(=O)OCc2ccccc2)CC1)N(Cc1cccs1)Cc1cccs1. The third-order valence-electron chi connectivity index (χ3n) is 6.16. The first kappa shape index (κ1) is 25.4. The van der Waals surface area contributed by atoms with Crippen LogP contribution in [0, 0.1) is 0 Å².